The van der Waals surface area contributed by atoms with Gasteiger partial charge < -0.3 is 15.4 Å². The number of fused-ring (bicyclic) bond motifs is 3. The van der Waals surface area contributed by atoms with Crippen LogP contribution in [0.25, 0.3) is 20.3 Å². The molecule has 6 nitrogen and oxygen atoms in total. The molecule has 2 heterocycles. The van der Waals surface area contributed by atoms with Gasteiger partial charge in [0.1, 0.15) is 5.75 Å². The van der Waals surface area contributed by atoms with E-state index in [-0.39, 0.29) is 25.0 Å². The van der Waals surface area contributed by atoms with Crippen LogP contribution in [-0.4, -0.2) is 29.9 Å². The Bertz CT molecular complexity index is 1270. The molecule has 2 aromatic heterocycles. The molecule has 0 aliphatic rings. The number of thiazole rings is 1. The molecular formula is C21H18ClN3O3S2. The van der Waals surface area contributed by atoms with Crippen molar-refractivity contribution in [1.29, 1.82) is 0 Å². The number of anilines is 1. The first-order valence-electron chi connectivity index (χ1n) is 9.13. The van der Waals surface area contributed by atoms with Crippen molar-refractivity contribution in [2.75, 3.05) is 18.5 Å². The Morgan fingerprint density at radius 1 is 1.17 bits per heavy atom. The van der Waals surface area contributed by atoms with Gasteiger partial charge in [-0.05, 0) is 43.0 Å². The lowest BCUT2D eigenvalue weighted by molar-refractivity contribution is -0.125. The summed E-state index contributed by atoms with van der Waals surface area (Å²) in [4.78, 5) is 28.8. The predicted molar refractivity (Wildman–Crippen MR) is 123 cm³/mol. The van der Waals surface area contributed by atoms with Crippen LogP contribution >= 0.6 is 34.3 Å². The predicted octanol–water partition coefficient (Wildman–Crippen LogP) is 4.91. The molecule has 0 atom stereocenters. The number of halogens is 1. The van der Waals surface area contributed by atoms with Crippen molar-refractivity contribution in [3.8, 4) is 5.75 Å². The number of aryl methyl sites for hydroxylation is 2. The normalized spacial score (nSPS) is 11.0. The molecule has 0 aliphatic carbocycles. The molecule has 0 saturated heterocycles. The highest BCUT2D eigenvalue weighted by Crippen LogP contribution is 2.38. The summed E-state index contributed by atoms with van der Waals surface area (Å²) in [5.74, 6) is -0.117. The Kier molecular flexibility index (Phi) is 5.90. The van der Waals surface area contributed by atoms with Crippen LogP contribution in [0, 0.1) is 13.8 Å². The van der Waals surface area contributed by atoms with Crippen LogP contribution in [-0.2, 0) is 9.59 Å². The average Bonchev–Trinajstić information content (AvgIpc) is 3.32. The van der Waals surface area contributed by atoms with Gasteiger partial charge in [0, 0.05) is 11.5 Å². The molecule has 0 saturated carbocycles. The number of aromatic nitrogens is 1. The van der Waals surface area contributed by atoms with E-state index in [2.05, 4.69) is 15.6 Å². The van der Waals surface area contributed by atoms with Crippen LogP contribution in [0.2, 0.25) is 5.02 Å². The standard InChI is InChI=1S/C21H18ClN3O3S2/c1-11-3-4-15(14(22)7-11)25-18(26)9-23-19(27)10-28-16-8-17-20(24-12(2)30-17)21-13(16)5-6-29-21/h3-8H,9-10H2,1-2H3,(H,23,27)(H,25,26). The van der Waals surface area contributed by atoms with Gasteiger partial charge in [-0.1, -0.05) is 17.7 Å². The summed E-state index contributed by atoms with van der Waals surface area (Å²) in [5.41, 5.74) is 2.46. The summed E-state index contributed by atoms with van der Waals surface area (Å²) in [6.07, 6.45) is 0. The molecule has 2 aromatic carbocycles. The second-order valence-corrected chi connectivity index (χ2v) is 9.27. The SMILES string of the molecule is Cc1ccc(NC(=O)CNC(=O)COc2cc3sc(C)nc3c3sccc23)c(Cl)c1. The zero-order valence-corrected chi connectivity index (χ0v) is 18.6. The van der Waals surface area contributed by atoms with E-state index in [1.54, 1.807) is 34.8 Å². The van der Waals surface area contributed by atoms with E-state index >= 15 is 0 Å². The molecule has 0 fully saturated rings. The Labute approximate surface area is 185 Å². The van der Waals surface area contributed by atoms with E-state index in [0.29, 0.717) is 16.5 Å². The first-order valence-corrected chi connectivity index (χ1v) is 11.2. The van der Waals surface area contributed by atoms with E-state index in [0.717, 1.165) is 30.9 Å². The summed E-state index contributed by atoms with van der Waals surface area (Å²) >= 11 is 9.29. The van der Waals surface area contributed by atoms with Gasteiger partial charge >= 0.3 is 0 Å². The third-order valence-corrected chi connectivity index (χ3v) is 6.52. The molecule has 30 heavy (non-hydrogen) atoms. The van der Waals surface area contributed by atoms with E-state index < -0.39 is 0 Å². The molecule has 0 unspecified atom stereocenters. The van der Waals surface area contributed by atoms with E-state index in [1.165, 1.54) is 0 Å². The van der Waals surface area contributed by atoms with Gasteiger partial charge in [-0.3, -0.25) is 9.59 Å². The average molecular weight is 460 g/mol. The van der Waals surface area contributed by atoms with E-state index in [1.807, 2.05) is 37.4 Å². The lowest BCUT2D eigenvalue weighted by atomic mass is 10.2. The van der Waals surface area contributed by atoms with Gasteiger partial charge in [-0.25, -0.2) is 4.98 Å². The molecule has 2 N–H and O–H groups in total. The maximum absolute atomic E-state index is 12.2. The minimum Gasteiger partial charge on any atom is -0.483 e. The summed E-state index contributed by atoms with van der Waals surface area (Å²) in [7, 11) is 0. The van der Waals surface area contributed by atoms with Crippen LogP contribution < -0.4 is 15.4 Å². The van der Waals surface area contributed by atoms with Crippen LogP contribution in [0.1, 0.15) is 10.6 Å². The van der Waals surface area contributed by atoms with Gasteiger partial charge in [0.15, 0.2) is 6.61 Å². The molecule has 4 rings (SSSR count). The largest absolute Gasteiger partial charge is 0.483 e. The maximum atomic E-state index is 12.2. The van der Waals surface area contributed by atoms with Crippen molar-refractivity contribution in [3.05, 3.63) is 51.3 Å². The first kappa shape index (κ1) is 20.6. The van der Waals surface area contributed by atoms with E-state index in [4.69, 9.17) is 16.3 Å². The van der Waals surface area contributed by atoms with Crippen molar-refractivity contribution < 1.29 is 14.3 Å². The van der Waals surface area contributed by atoms with Crippen molar-refractivity contribution >= 4 is 72.1 Å². The zero-order chi connectivity index (χ0) is 21.3. The highest BCUT2D eigenvalue weighted by atomic mass is 35.5. The Hall–Kier alpha value is -2.68. The summed E-state index contributed by atoms with van der Waals surface area (Å²) in [6.45, 7) is 3.52. The Balaban J connectivity index is 1.35. The van der Waals surface area contributed by atoms with Gasteiger partial charge in [-0.2, -0.15) is 0 Å². The molecule has 0 aliphatic heterocycles. The highest BCUT2D eigenvalue weighted by Gasteiger charge is 2.14. The second kappa shape index (κ2) is 8.59. The van der Waals surface area contributed by atoms with Crippen LogP contribution in [0.5, 0.6) is 5.75 Å². The minimum absolute atomic E-state index is 0.173. The number of nitrogens with one attached hydrogen (secondary N) is 2. The number of thiophene rings is 1. The van der Waals surface area contributed by atoms with Crippen LogP contribution in [0.15, 0.2) is 35.7 Å². The molecule has 2 amide bonds. The lowest BCUT2D eigenvalue weighted by Crippen LogP contribution is -2.35. The Morgan fingerprint density at radius 2 is 2.00 bits per heavy atom. The quantitative estimate of drug-likeness (QED) is 0.429. The van der Waals surface area contributed by atoms with Gasteiger partial charge in [0.2, 0.25) is 5.91 Å². The molecule has 0 radical (unpaired) electrons. The summed E-state index contributed by atoms with van der Waals surface area (Å²) in [5, 5.41) is 9.58. The van der Waals surface area contributed by atoms with Gasteiger partial charge in [-0.15, -0.1) is 22.7 Å². The number of hydrogen-bond donors (Lipinski definition) is 2. The number of hydrogen-bond acceptors (Lipinski definition) is 6. The number of carbonyl (C=O) groups is 2. The molecule has 154 valence electrons. The van der Waals surface area contributed by atoms with E-state index in [9.17, 15) is 9.59 Å². The first-order chi connectivity index (χ1) is 14.4. The van der Waals surface area contributed by atoms with Crippen LogP contribution in [0.4, 0.5) is 5.69 Å². The number of carbonyl (C=O) groups excluding carboxylic acids is 2. The maximum Gasteiger partial charge on any atom is 0.258 e. The molecule has 0 spiro atoms. The third-order valence-electron chi connectivity index (χ3n) is 4.37. The lowest BCUT2D eigenvalue weighted by Gasteiger charge is -2.10. The topological polar surface area (TPSA) is 80.3 Å². The Morgan fingerprint density at radius 3 is 2.80 bits per heavy atom. The summed E-state index contributed by atoms with van der Waals surface area (Å²) in [6, 6.07) is 9.20. The van der Waals surface area contributed by atoms with Crippen molar-refractivity contribution in [3.63, 3.8) is 0 Å². The summed E-state index contributed by atoms with van der Waals surface area (Å²) < 4.78 is 7.82. The smallest absolute Gasteiger partial charge is 0.258 e. The van der Waals surface area contributed by atoms with Crippen molar-refractivity contribution in [1.82, 2.24) is 10.3 Å². The molecule has 0 bridgehead atoms. The fourth-order valence-corrected chi connectivity index (χ4v) is 5.11. The number of rotatable bonds is 6. The highest BCUT2D eigenvalue weighted by molar-refractivity contribution is 7.21. The molecular weight excluding hydrogens is 442 g/mol. The second-order valence-electron chi connectivity index (χ2n) is 6.71. The van der Waals surface area contributed by atoms with Crippen LogP contribution in [0.3, 0.4) is 0 Å². The minimum atomic E-state index is -0.385. The fraction of sp³-hybridized carbons (Fsp3) is 0.190. The zero-order valence-electron chi connectivity index (χ0n) is 16.2. The number of ether oxygens (including phenoxy) is 1. The van der Waals surface area contributed by atoms with Gasteiger partial charge in [0.05, 0.1) is 37.2 Å². The van der Waals surface area contributed by atoms with Gasteiger partial charge in [0.25, 0.3) is 5.91 Å². The third kappa shape index (κ3) is 4.40. The van der Waals surface area contributed by atoms with Crippen molar-refractivity contribution in [2.45, 2.75) is 13.8 Å². The number of nitrogens with zero attached hydrogens (tertiary/aromatic N) is 1. The number of amides is 2. The monoisotopic (exact) mass is 459 g/mol. The fourth-order valence-electron chi connectivity index (χ4n) is 3.00. The molecule has 4 aromatic rings. The number of benzene rings is 2. The van der Waals surface area contributed by atoms with Crippen molar-refractivity contribution in [2.24, 2.45) is 0 Å². The molecule has 9 heteroatoms.